The lowest BCUT2D eigenvalue weighted by atomic mass is 10.5. The zero-order valence-corrected chi connectivity index (χ0v) is 6.90. The molecule has 0 rings (SSSR count). The highest BCUT2D eigenvalue weighted by atomic mass is 19.3. The fourth-order valence-electron chi connectivity index (χ4n) is 0.508. The topological polar surface area (TPSA) is 32.3 Å². The van der Waals surface area contributed by atoms with E-state index in [0.717, 1.165) is 7.05 Å². The molecule has 0 aromatic rings. The molecule has 0 aliphatic rings. The summed E-state index contributed by atoms with van der Waals surface area (Å²) in [5, 5.41) is 2.13. The Bertz CT molecular complexity index is 163. The van der Waals surface area contributed by atoms with Crippen molar-refractivity contribution in [1.82, 2.24) is 10.2 Å². The fourth-order valence-corrected chi connectivity index (χ4v) is 0.508. The molecule has 72 valence electrons. The normalized spacial score (nSPS) is 11.1. The minimum absolute atomic E-state index is 0.0382. The van der Waals surface area contributed by atoms with Gasteiger partial charge in [-0.1, -0.05) is 0 Å². The number of carbonyl (C=O) groups excluding carboxylic acids is 1. The van der Waals surface area contributed by atoms with Crippen molar-refractivity contribution in [2.45, 2.75) is 13.0 Å². The molecule has 0 unspecified atom stereocenters. The summed E-state index contributed by atoms with van der Waals surface area (Å²) in [5.74, 6) is 0. The lowest BCUT2D eigenvalue weighted by Gasteiger charge is -2.24. The third kappa shape index (κ3) is 2.60. The number of hydrogen-bond donors (Lipinski definition) is 1. The van der Waals surface area contributed by atoms with Crippen LogP contribution in [0.5, 0.6) is 0 Å². The van der Waals surface area contributed by atoms with Crippen LogP contribution in [0.2, 0.25) is 0 Å². The molecule has 1 N–H and O–H groups in total. The van der Waals surface area contributed by atoms with Gasteiger partial charge in [-0.05, 0) is 6.92 Å². The monoisotopic (exact) mass is 184 g/mol. The standard InChI is InChI=1S/C6H11F3N2O/c1-3-10-5(12)11(2)6(8,9)4-7/h3-4H2,1-2H3,(H,10,12). The highest BCUT2D eigenvalue weighted by Crippen LogP contribution is 2.17. The predicted octanol–water partition coefficient (Wildman–Crippen LogP) is 1.21. The van der Waals surface area contributed by atoms with Gasteiger partial charge in [0.15, 0.2) is 6.67 Å². The van der Waals surface area contributed by atoms with Crippen LogP contribution in [0.4, 0.5) is 18.0 Å². The maximum atomic E-state index is 12.4. The smallest absolute Gasteiger partial charge is 0.338 e. The molecule has 2 amide bonds. The first-order valence-electron chi connectivity index (χ1n) is 3.41. The number of carbonyl (C=O) groups is 1. The third-order valence-electron chi connectivity index (χ3n) is 1.28. The van der Waals surface area contributed by atoms with E-state index in [-0.39, 0.29) is 11.4 Å². The highest BCUT2D eigenvalue weighted by molar-refractivity contribution is 5.74. The molecule has 12 heavy (non-hydrogen) atoms. The average molecular weight is 184 g/mol. The minimum Gasteiger partial charge on any atom is -0.338 e. The second-order valence-corrected chi connectivity index (χ2v) is 2.19. The molecule has 6 heteroatoms. The number of nitrogens with zero attached hydrogens (tertiary/aromatic N) is 1. The fraction of sp³-hybridized carbons (Fsp3) is 0.833. The molecule has 0 heterocycles. The van der Waals surface area contributed by atoms with Crippen molar-refractivity contribution in [3.05, 3.63) is 0 Å². The zero-order chi connectivity index (χ0) is 9.78. The van der Waals surface area contributed by atoms with Crippen LogP contribution in [-0.2, 0) is 0 Å². The summed E-state index contributed by atoms with van der Waals surface area (Å²) in [7, 11) is 0.838. The first-order valence-corrected chi connectivity index (χ1v) is 3.41. The van der Waals surface area contributed by atoms with Gasteiger partial charge in [0, 0.05) is 13.6 Å². The van der Waals surface area contributed by atoms with Crippen LogP contribution in [0.3, 0.4) is 0 Å². The quantitative estimate of drug-likeness (QED) is 0.657. The van der Waals surface area contributed by atoms with E-state index in [1.54, 1.807) is 6.92 Å². The SMILES string of the molecule is CCNC(=O)N(C)C(F)(F)CF. The van der Waals surface area contributed by atoms with E-state index in [0.29, 0.717) is 0 Å². The number of halogens is 3. The van der Waals surface area contributed by atoms with E-state index in [9.17, 15) is 18.0 Å². The lowest BCUT2D eigenvalue weighted by molar-refractivity contribution is -0.122. The van der Waals surface area contributed by atoms with Crippen LogP contribution in [0.15, 0.2) is 0 Å². The van der Waals surface area contributed by atoms with Gasteiger partial charge in [-0.3, -0.25) is 4.90 Å². The molecule has 0 aromatic carbocycles. The van der Waals surface area contributed by atoms with Gasteiger partial charge in [0.25, 0.3) is 0 Å². The molecule has 0 aromatic heterocycles. The van der Waals surface area contributed by atoms with E-state index < -0.39 is 18.8 Å². The highest BCUT2D eigenvalue weighted by Gasteiger charge is 2.37. The Morgan fingerprint density at radius 1 is 1.58 bits per heavy atom. The number of urea groups is 1. The van der Waals surface area contributed by atoms with Crippen molar-refractivity contribution in [3.8, 4) is 0 Å². The molecule has 3 nitrogen and oxygen atoms in total. The molecule has 0 saturated carbocycles. The third-order valence-corrected chi connectivity index (χ3v) is 1.28. The molecule has 0 radical (unpaired) electrons. The largest absolute Gasteiger partial charge is 0.357 e. The van der Waals surface area contributed by atoms with E-state index >= 15 is 0 Å². The van der Waals surface area contributed by atoms with Crippen molar-refractivity contribution in [3.63, 3.8) is 0 Å². The second kappa shape index (κ2) is 4.18. The van der Waals surface area contributed by atoms with Gasteiger partial charge in [-0.25, -0.2) is 9.18 Å². The number of hydrogen-bond acceptors (Lipinski definition) is 1. The summed E-state index contributed by atoms with van der Waals surface area (Å²) in [5.41, 5.74) is 0. The molecule has 0 saturated heterocycles. The van der Waals surface area contributed by atoms with Crippen LogP contribution in [0.1, 0.15) is 6.92 Å². The zero-order valence-electron chi connectivity index (χ0n) is 6.90. The van der Waals surface area contributed by atoms with E-state index in [2.05, 4.69) is 5.32 Å². The molecular formula is C6H11F3N2O. The van der Waals surface area contributed by atoms with Gasteiger partial charge >= 0.3 is 12.1 Å². The van der Waals surface area contributed by atoms with Crippen LogP contribution in [-0.4, -0.2) is 37.2 Å². The summed E-state index contributed by atoms with van der Waals surface area (Å²) in [6.07, 6.45) is 0. The Labute approximate surface area is 68.5 Å². The van der Waals surface area contributed by atoms with Crippen molar-refractivity contribution >= 4 is 6.03 Å². The molecule has 0 spiro atoms. The Morgan fingerprint density at radius 3 is 2.42 bits per heavy atom. The first kappa shape index (κ1) is 11.1. The molecular weight excluding hydrogens is 173 g/mol. The molecule has 0 fully saturated rings. The van der Waals surface area contributed by atoms with E-state index in [4.69, 9.17) is 0 Å². The average Bonchev–Trinajstić information content (AvgIpc) is 2.03. The molecule has 0 atom stereocenters. The Morgan fingerprint density at radius 2 is 2.08 bits per heavy atom. The summed E-state index contributed by atoms with van der Waals surface area (Å²) < 4.78 is 36.5. The van der Waals surface area contributed by atoms with Crippen molar-refractivity contribution in [2.75, 3.05) is 20.3 Å². The Hall–Kier alpha value is -0.940. The number of alkyl halides is 3. The lowest BCUT2D eigenvalue weighted by Crippen LogP contribution is -2.49. The summed E-state index contributed by atoms with van der Waals surface area (Å²) in [6.45, 7) is -0.0640. The van der Waals surface area contributed by atoms with Gasteiger partial charge < -0.3 is 5.32 Å². The van der Waals surface area contributed by atoms with Gasteiger partial charge in [-0.15, -0.1) is 0 Å². The molecule has 0 aliphatic carbocycles. The van der Waals surface area contributed by atoms with E-state index in [1.807, 2.05) is 0 Å². The van der Waals surface area contributed by atoms with Crippen LogP contribution in [0.25, 0.3) is 0 Å². The number of rotatable bonds is 3. The van der Waals surface area contributed by atoms with Crippen LogP contribution in [0, 0.1) is 0 Å². The predicted molar refractivity (Wildman–Crippen MR) is 37.8 cm³/mol. The summed E-state index contributed by atoms with van der Waals surface area (Å²) >= 11 is 0. The Kier molecular flexibility index (Phi) is 3.85. The number of nitrogens with one attached hydrogen (secondary N) is 1. The maximum absolute atomic E-state index is 12.4. The summed E-state index contributed by atoms with van der Waals surface area (Å²) in [4.78, 5) is 10.8. The van der Waals surface area contributed by atoms with Gasteiger partial charge in [-0.2, -0.15) is 8.78 Å². The number of amides is 2. The van der Waals surface area contributed by atoms with Gasteiger partial charge in [0.05, 0.1) is 0 Å². The van der Waals surface area contributed by atoms with Gasteiger partial charge in [0.2, 0.25) is 0 Å². The van der Waals surface area contributed by atoms with Crippen molar-refractivity contribution in [2.24, 2.45) is 0 Å². The molecule has 0 aliphatic heterocycles. The second-order valence-electron chi connectivity index (χ2n) is 2.19. The van der Waals surface area contributed by atoms with Crippen LogP contribution >= 0.6 is 0 Å². The Balaban J connectivity index is 4.17. The van der Waals surface area contributed by atoms with Gasteiger partial charge in [0.1, 0.15) is 0 Å². The van der Waals surface area contributed by atoms with Crippen molar-refractivity contribution in [1.29, 1.82) is 0 Å². The minimum atomic E-state index is -3.72. The maximum Gasteiger partial charge on any atom is 0.357 e. The van der Waals surface area contributed by atoms with Crippen molar-refractivity contribution < 1.29 is 18.0 Å². The summed E-state index contributed by atoms with van der Waals surface area (Å²) in [6, 6.07) is -4.71. The van der Waals surface area contributed by atoms with E-state index in [1.165, 1.54) is 0 Å². The van der Waals surface area contributed by atoms with Crippen LogP contribution < -0.4 is 5.32 Å². The molecule has 0 bridgehead atoms. The first-order chi connectivity index (χ1) is 5.45.